The van der Waals surface area contributed by atoms with Crippen LogP contribution in [-0.2, 0) is 0 Å². The second kappa shape index (κ2) is 7.03. The number of para-hydroxylation sites is 1. The van der Waals surface area contributed by atoms with Gasteiger partial charge in [-0.05, 0) is 29.8 Å². The first-order valence-corrected chi connectivity index (χ1v) is 6.46. The number of hydrogen-bond donors (Lipinski definition) is 2. The third-order valence-corrected chi connectivity index (χ3v) is 2.93. The number of hydrogen-bond acceptors (Lipinski definition) is 6. The van der Waals surface area contributed by atoms with Crippen molar-refractivity contribution >= 4 is 17.8 Å². The third-order valence-electron chi connectivity index (χ3n) is 2.93. The number of nitrogens with one attached hydrogen (secondary N) is 1. The van der Waals surface area contributed by atoms with Gasteiger partial charge in [0.15, 0.2) is 11.5 Å². The number of amides is 1. The lowest BCUT2D eigenvalue weighted by Gasteiger charge is -2.03. The van der Waals surface area contributed by atoms with Crippen LogP contribution in [0.25, 0.3) is 0 Å². The molecule has 0 heterocycles. The number of benzene rings is 2. The van der Waals surface area contributed by atoms with E-state index >= 15 is 0 Å². The first-order valence-electron chi connectivity index (χ1n) is 6.46. The van der Waals surface area contributed by atoms with Crippen LogP contribution in [0.15, 0.2) is 47.6 Å². The minimum absolute atomic E-state index is 0.0198. The molecule has 23 heavy (non-hydrogen) atoms. The quantitative estimate of drug-likeness (QED) is 0.498. The fourth-order valence-corrected chi connectivity index (χ4v) is 1.83. The van der Waals surface area contributed by atoms with Crippen molar-refractivity contribution in [3.05, 3.63) is 63.7 Å². The zero-order valence-electron chi connectivity index (χ0n) is 12.1. The Morgan fingerprint density at radius 2 is 2.09 bits per heavy atom. The minimum atomic E-state index is -0.695. The van der Waals surface area contributed by atoms with Gasteiger partial charge in [0.25, 0.3) is 11.6 Å². The fraction of sp³-hybridized carbons (Fsp3) is 0.0667. The summed E-state index contributed by atoms with van der Waals surface area (Å²) in [6, 6.07) is 10.1. The van der Waals surface area contributed by atoms with Gasteiger partial charge in [-0.2, -0.15) is 5.10 Å². The van der Waals surface area contributed by atoms with E-state index in [-0.39, 0.29) is 22.7 Å². The Morgan fingerprint density at radius 3 is 2.78 bits per heavy atom. The normalized spacial score (nSPS) is 10.5. The van der Waals surface area contributed by atoms with Gasteiger partial charge in [-0.15, -0.1) is 0 Å². The lowest BCUT2D eigenvalue weighted by molar-refractivity contribution is -0.385. The molecule has 1 amide bonds. The van der Waals surface area contributed by atoms with E-state index in [0.717, 1.165) is 0 Å². The number of methoxy groups -OCH3 is 1. The second-order valence-electron chi connectivity index (χ2n) is 4.40. The van der Waals surface area contributed by atoms with E-state index in [1.807, 2.05) is 0 Å². The summed E-state index contributed by atoms with van der Waals surface area (Å²) >= 11 is 0. The van der Waals surface area contributed by atoms with Crippen LogP contribution in [-0.4, -0.2) is 29.3 Å². The fourth-order valence-electron chi connectivity index (χ4n) is 1.83. The van der Waals surface area contributed by atoms with E-state index in [0.29, 0.717) is 5.56 Å². The molecule has 8 nitrogen and oxygen atoms in total. The van der Waals surface area contributed by atoms with Crippen molar-refractivity contribution in [1.29, 1.82) is 0 Å². The summed E-state index contributed by atoms with van der Waals surface area (Å²) < 4.78 is 4.95. The number of nitrogens with zero attached hydrogens (tertiary/aromatic N) is 2. The number of phenols is 1. The zero-order chi connectivity index (χ0) is 16.8. The van der Waals surface area contributed by atoms with Crippen LogP contribution in [0.5, 0.6) is 11.5 Å². The molecule has 2 rings (SSSR count). The summed E-state index contributed by atoms with van der Waals surface area (Å²) in [5, 5.41) is 24.1. The Balaban J connectivity index is 2.12. The molecule has 8 heteroatoms. The van der Waals surface area contributed by atoms with Crippen molar-refractivity contribution in [3.8, 4) is 11.5 Å². The molecule has 0 saturated carbocycles. The number of ether oxygens (including phenoxy) is 1. The molecular weight excluding hydrogens is 302 g/mol. The molecule has 118 valence electrons. The number of nitro groups is 1. The minimum Gasteiger partial charge on any atom is -0.504 e. The Labute approximate surface area is 131 Å². The molecule has 0 saturated heterocycles. The van der Waals surface area contributed by atoms with Crippen LogP contribution in [0.4, 0.5) is 5.69 Å². The van der Waals surface area contributed by atoms with Crippen LogP contribution >= 0.6 is 0 Å². The van der Waals surface area contributed by atoms with E-state index in [4.69, 9.17) is 4.74 Å². The Kier molecular flexibility index (Phi) is 4.88. The Hall–Kier alpha value is -3.42. The van der Waals surface area contributed by atoms with Crippen molar-refractivity contribution in [2.75, 3.05) is 7.11 Å². The highest BCUT2D eigenvalue weighted by atomic mass is 16.6. The molecule has 0 unspecified atom stereocenters. The van der Waals surface area contributed by atoms with Gasteiger partial charge in [0.1, 0.15) is 5.56 Å². The molecule has 0 aliphatic carbocycles. The van der Waals surface area contributed by atoms with Crippen LogP contribution in [0.3, 0.4) is 0 Å². The molecule has 0 radical (unpaired) electrons. The molecule has 0 aromatic heterocycles. The molecular formula is C15H13N3O5. The van der Waals surface area contributed by atoms with Gasteiger partial charge in [0.05, 0.1) is 18.2 Å². The largest absolute Gasteiger partial charge is 0.504 e. The van der Waals surface area contributed by atoms with E-state index < -0.39 is 10.8 Å². The van der Waals surface area contributed by atoms with Gasteiger partial charge in [-0.3, -0.25) is 14.9 Å². The summed E-state index contributed by atoms with van der Waals surface area (Å²) in [6.07, 6.45) is 1.33. The van der Waals surface area contributed by atoms with Crippen LogP contribution in [0.1, 0.15) is 15.9 Å². The molecule has 0 aliphatic heterocycles. The summed E-state index contributed by atoms with van der Waals surface area (Å²) in [7, 11) is 1.41. The average molecular weight is 315 g/mol. The Bertz CT molecular complexity index is 773. The standard InChI is InChI=1S/C15H13N3O5/c1-23-14-8-10(6-7-13(14)19)9-16-17-15(20)11-4-2-3-5-12(11)18(21)22/h2-9,19H,1H3,(H,17,20). The average Bonchev–Trinajstić information content (AvgIpc) is 2.56. The van der Waals surface area contributed by atoms with Gasteiger partial charge < -0.3 is 9.84 Å². The predicted octanol–water partition coefficient (Wildman–Crippen LogP) is 2.07. The molecule has 0 spiro atoms. The topological polar surface area (TPSA) is 114 Å². The highest BCUT2D eigenvalue weighted by molar-refractivity contribution is 5.98. The summed E-state index contributed by atoms with van der Waals surface area (Å²) in [4.78, 5) is 22.2. The van der Waals surface area contributed by atoms with Crippen molar-refractivity contribution in [1.82, 2.24) is 5.43 Å². The second-order valence-corrected chi connectivity index (χ2v) is 4.40. The van der Waals surface area contributed by atoms with Crippen molar-refractivity contribution in [2.24, 2.45) is 5.10 Å². The van der Waals surface area contributed by atoms with Gasteiger partial charge in [-0.1, -0.05) is 12.1 Å². The van der Waals surface area contributed by atoms with Crippen LogP contribution < -0.4 is 10.2 Å². The first-order chi connectivity index (χ1) is 11.0. The summed E-state index contributed by atoms with van der Waals surface area (Å²) in [6.45, 7) is 0. The maximum absolute atomic E-state index is 11.9. The highest BCUT2D eigenvalue weighted by Gasteiger charge is 2.18. The van der Waals surface area contributed by atoms with E-state index in [1.54, 1.807) is 6.07 Å². The number of rotatable bonds is 5. The molecule has 0 aliphatic rings. The SMILES string of the molecule is COc1cc(C=NNC(=O)c2ccccc2[N+](=O)[O-])ccc1O. The molecule has 0 atom stereocenters. The smallest absolute Gasteiger partial charge is 0.282 e. The highest BCUT2D eigenvalue weighted by Crippen LogP contribution is 2.25. The lowest BCUT2D eigenvalue weighted by atomic mass is 10.2. The van der Waals surface area contributed by atoms with Gasteiger partial charge in [0, 0.05) is 6.07 Å². The van der Waals surface area contributed by atoms with E-state index in [9.17, 15) is 20.0 Å². The van der Waals surface area contributed by atoms with Gasteiger partial charge in [0.2, 0.25) is 0 Å². The van der Waals surface area contributed by atoms with Crippen molar-refractivity contribution < 1.29 is 19.6 Å². The first kappa shape index (κ1) is 16.0. The van der Waals surface area contributed by atoms with Gasteiger partial charge >= 0.3 is 0 Å². The molecule has 2 aromatic rings. The van der Waals surface area contributed by atoms with Gasteiger partial charge in [-0.25, -0.2) is 5.43 Å². The number of aromatic hydroxyl groups is 1. The molecule has 0 bridgehead atoms. The summed E-state index contributed by atoms with van der Waals surface area (Å²) in [5.41, 5.74) is 2.40. The zero-order valence-corrected chi connectivity index (χ0v) is 12.1. The number of hydrazone groups is 1. The Morgan fingerprint density at radius 1 is 1.35 bits per heavy atom. The maximum Gasteiger partial charge on any atom is 0.282 e. The monoisotopic (exact) mass is 315 g/mol. The number of carbonyl (C=O) groups is 1. The number of nitro benzene ring substituents is 1. The molecule has 2 N–H and O–H groups in total. The predicted molar refractivity (Wildman–Crippen MR) is 82.8 cm³/mol. The molecule has 2 aromatic carbocycles. The molecule has 0 fully saturated rings. The van der Waals surface area contributed by atoms with E-state index in [2.05, 4.69) is 10.5 Å². The van der Waals surface area contributed by atoms with Crippen LogP contribution in [0.2, 0.25) is 0 Å². The maximum atomic E-state index is 11.9. The van der Waals surface area contributed by atoms with Crippen LogP contribution in [0, 0.1) is 10.1 Å². The van der Waals surface area contributed by atoms with E-state index in [1.165, 1.54) is 49.7 Å². The summed E-state index contributed by atoms with van der Waals surface area (Å²) in [5.74, 6) is -0.452. The number of carbonyl (C=O) groups excluding carboxylic acids is 1. The third kappa shape index (κ3) is 3.82. The lowest BCUT2D eigenvalue weighted by Crippen LogP contribution is -2.18. The van der Waals surface area contributed by atoms with Crippen molar-refractivity contribution in [2.45, 2.75) is 0 Å². The number of phenolic OH excluding ortho intramolecular Hbond substituents is 1. The van der Waals surface area contributed by atoms with Crippen molar-refractivity contribution in [3.63, 3.8) is 0 Å².